The molecule has 4 aromatic rings. The van der Waals surface area contributed by atoms with Gasteiger partial charge in [0.2, 0.25) is 17.6 Å². The van der Waals surface area contributed by atoms with Crippen molar-refractivity contribution < 1.29 is 13.7 Å². The van der Waals surface area contributed by atoms with Gasteiger partial charge in [-0.05, 0) is 35.4 Å². The van der Waals surface area contributed by atoms with E-state index < -0.39 is 5.82 Å². The molecular formula is C22H17FN4O2. The highest BCUT2D eigenvalue weighted by Crippen LogP contribution is 2.21. The number of aromatic nitrogens is 3. The van der Waals surface area contributed by atoms with E-state index in [9.17, 15) is 9.18 Å². The van der Waals surface area contributed by atoms with E-state index >= 15 is 0 Å². The van der Waals surface area contributed by atoms with Crippen LogP contribution in [0.4, 0.5) is 10.1 Å². The maximum Gasteiger partial charge on any atom is 0.231 e. The Hall–Kier alpha value is -3.87. The van der Waals surface area contributed by atoms with Gasteiger partial charge in [0, 0.05) is 23.6 Å². The summed E-state index contributed by atoms with van der Waals surface area (Å²) in [6.07, 6.45) is 3.63. The summed E-state index contributed by atoms with van der Waals surface area (Å²) in [6.45, 7) is 0. The van der Waals surface area contributed by atoms with Crippen molar-refractivity contribution in [1.29, 1.82) is 0 Å². The monoisotopic (exact) mass is 388 g/mol. The van der Waals surface area contributed by atoms with Gasteiger partial charge in [0.25, 0.3) is 0 Å². The quantitative estimate of drug-likeness (QED) is 0.539. The first kappa shape index (κ1) is 18.5. The van der Waals surface area contributed by atoms with E-state index in [0.29, 0.717) is 29.4 Å². The van der Waals surface area contributed by atoms with Crippen LogP contribution in [0.15, 0.2) is 77.6 Å². The molecule has 0 bridgehead atoms. The highest BCUT2D eigenvalue weighted by atomic mass is 19.1. The molecule has 0 aliphatic heterocycles. The first-order valence-corrected chi connectivity index (χ1v) is 9.03. The lowest BCUT2D eigenvalue weighted by Gasteiger charge is -2.10. The summed E-state index contributed by atoms with van der Waals surface area (Å²) in [5.41, 5.74) is 2.54. The van der Waals surface area contributed by atoms with Gasteiger partial charge in [-0.3, -0.25) is 9.78 Å². The second kappa shape index (κ2) is 8.43. The molecular weight excluding hydrogens is 371 g/mol. The third-order valence-corrected chi connectivity index (χ3v) is 4.33. The molecule has 0 saturated heterocycles. The molecule has 0 unspecified atom stereocenters. The fourth-order valence-electron chi connectivity index (χ4n) is 2.91. The summed E-state index contributed by atoms with van der Waals surface area (Å²) < 4.78 is 19.1. The van der Waals surface area contributed by atoms with Crippen molar-refractivity contribution in [3.05, 3.63) is 95.9 Å². The number of hydrogen-bond donors (Lipinski definition) is 1. The molecule has 0 aliphatic rings. The van der Waals surface area contributed by atoms with Crippen LogP contribution in [0.25, 0.3) is 11.4 Å². The molecule has 0 spiro atoms. The van der Waals surface area contributed by atoms with Crippen molar-refractivity contribution in [2.45, 2.75) is 12.8 Å². The van der Waals surface area contributed by atoms with Crippen LogP contribution in [0.2, 0.25) is 0 Å². The van der Waals surface area contributed by atoms with E-state index in [1.807, 2.05) is 24.3 Å². The summed E-state index contributed by atoms with van der Waals surface area (Å²) in [6, 6.07) is 17.2. The second-order valence-corrected chi connectivity index (χ2v) is 6.40. The maximum atomic E-state index is 13.8. The van der Waals surface area contributed by atoms with Crippen molar-refractivity contribution in [3.63, 3.8) is 0 Å². The van der Waals surface area contributed by atoms with Gasteiger partial charge in [-0.1, -0.05) is 41.6 Å². The lowest BCUT2D eigenvalue weighted by Crippen LogP contribution is -2.16. The smallest absolute Gasteiger partial charge is 0.231 e. The third kappa shape index (κ3) is 4.52. The molecule has 7 heteroatoms. The lowest BCUT2D eigenvalue weighted by molar-refractivity contribution is -0.115. The first-order chi connectivity index (χ1) is 14.2. The Morgan fingerprint density at radius 1 is 1.00 bits per heavy atom. The molecule has 0 atom stereocenters. The molecule has 1 N–H and O–H groups in total. The van der Waals surface area contributed by atoms with Gasteiger partial charge < -0.3 is 9.84 Å². The Morgan fingerprint density at radius 2 is 1.79 bits per heavy atom. The number of pyridine rings is 1. The van der Waals surface area contributed by atoms with Gasteiger partial charge in [0.15, 0.2) is 0 Å². The zero-order chi connectivity index (χ0) is 20.1. The average molecular weight is 388 g/mol. The minimum atomic E-state index is -0.398. The van der Waals surface area contributed by atoms with Gasteiger partial charge in [-0.2, -0.15) is 4.98 Å². The zero-order valence-corrected chi connectivity index (χ0v) is 15.4. The molecule has 0 aliphatic carbocycles. The van der Waals surface area contributed by atoms with Crippen molar-refractivity contribution in [2.75, 3.05) is 5.32 Å². The van der Waals surface area contributed by atoms with Crippen molar-refractivity contribution in [3.8, 4) is 11.4 Å². The summed E-state index contributed by atoms with van der Waals surface area (Å²) in [4.78, 5) is 20.8. The Bertz CT molecular complexity index is 1130. The van der Waals surface area contributed by atoms with Crippen molar-refractivity contribution >= 4 is 11.6 Å². The number of carbonyl (C=O) groups is 1. The van der Waals surface area contributed by atoms with E-state index in [2.05, 4.69) is 20.4 Å². The van der Waals surface area contributed by atoms with Crippen LogP contribution in [0.5, 0.6) is 0 Å². The van der Waals surface area contributed by atoms with Crippen molar-refractivity contribution in [1.82, 2.24) is 15.1 Å². The van der Waals surface area contributed by atoms with Crippen LogP contribution in [0, 0.1) is 5.82 Å². The van der Waals surface area contributed by atoms with Gasteiger partial charge >= 0.3 is 0 Å². The van der Waals surface area contributed by atoms with E-state index in [1.54, 1.807) is 42.7 Å². The van der Waals surface area contributed by atoms with Crippen molar-refractivity contribution in [2.24, 2.45) is 0 Å². The molecule has 29 heavy (non-hydrogen) atoms. The van der Waals surface area contributed by atoms with Gasteiger partial charge in [-0.25, -0.2) is 4.39 Å². The summed E-state index contributed by atoms with van der Waals surface area (Å²) in [5, 5.41) is 6.82. The van der Waals surface area contributed by atoms with Gasteiger partial charge in [-0.15, -0.1) is 0 Å². The molecule has 1 amide bonds. The second-order valence-electron chi connectivity index (χ2n) is 6.40. The number of amides is 1. The average Bonchev–Trinajstić information content (AvgIpc) is 3.20. The Kier molecular flexibility index (Phi) is 5.38. The number of halogens is 1. The number of rotatable bonds is 6. The Morgan fingerprint density at radius 3 is 2.59 bits per heavy atom. The van der Waals surface area contributed by atoms with Gasteiger partial charge in [0.1, 0.15) is 5.82 Å². The Balaban J connectivity index is 1.48. The fraction of sp³-hybridized carbons (Fsp3) is 0.0909. The largest absolute Gasteiger partial charge is 0.339 e. The number of hydrogen-bond acceptors (Lipinski definition) is 5. The van der Waals surface area contributed by atoms with Crippen LogP contribution >= 0.6 is 0 Å². The molecule has 2 aromatic carbocycles. The predicted octanol–water partition coefficient (Wildman–Crippen LogP) is 4.04. The predicted molar refractivity (Wildman–Crippen MR) is 106 cm³/mol. The normalized spacial score (nSPS) is 10.7. The highest BCUT2D eigenvalue weighted by Gasteiger charge is 2.14. The summed E-state index contributed by atoms with van der Waals surface area (Å²) >= 11 is 0. The Labute approximate surface area is 166 Å². The summed E-state index contributed by atoms with van der Waals surface area (Å²) in [5.74, 6) is 0.169. The van der Waals surface area contributed by atoms with Crippen LogP contribution in [-0.2, 0) is 17.6 Å². The number of para-hydroxylation sites is 1. The SMILES string of the molecule is O=C(Cc1ccccc1F)Nc1ccccc1Cc1nc(-c2cccnc2)no1. The highest BCUT2D eigenvalue weighted by molar-refractivity contribution is 5.93. The maximum absolute atomic E-state index is 13.8. The lowest BCUT2D eigenvalue weighted by atomic mass is 10.1. The van der Waals surface area contributed by atoms with E-state index in [-0.39, 0.29) is 12.3 Å². The van der Waals surface area contributed by atoms with E-state index in [0.717, 1.165) is 11.1 Å². The van der Waals surface area contributed by atoms with Gasteiger partial charge in [0.05, 0.1) is 12.8 Å². The minimum absolute atomic E-state index is 0.0489. The molecule has 144 valence electrons. The molecule has 0 saturated carbocycles. The number of carbonyl (C=O) groups excluding carboxylic acids is 1. The standard InChI is InChI=1S/C22H17FN4O2/c23-18-9-3-1-6-15(18)12-20(28)25-19-10-4-2-7-16(19)13-21-26-22(27-29-21)17-8-5-11-24-14-17/h1-11,14H,12-13H2,(H,25,28). The topological polar surface area (TPSA) is 80.9 Å². The van der Waals surface area contributed by atoms with E-state index in [4.69, 9.17) is 4.52 Å². The number of benzene rings is 2. The number of nitrogens with zero attached hydrogens (tertiary/aromatic N) is 3. The van der Waals surface area contributed by atoms with Crippen LogP contribution in [-0.4, -0.2) is 21.0 Å². The molecule has 2 aromatic heterocycles. The number of anilines is 1. The first-order valence-electron chi connectivity index (χ1n) is 9.03. The zero-order valence-electron chi connectivity index (χ0n) is 15.4. The number of nitrogens with one attached hydrogen (secondary N) is 1. The molecule has 6 nitrogen and oxygen atoms in total. The molecule has 4 rings (SSSR count). The molecule has 2 heterocycles. The summed E-state index contributed by atoms with van der Waals surface area (Å²) in [7, 11) is 0. The van der Waals surface area contributed by atoms with Crippen LogP contribution in [0.3, 0.4) is 0 Å². The van der Waals surface area contributed by atoms with Crippen LogP contribution in [0.1, 0.15) is 17.0 Å². The molecule has 0 radical (unpaired) electrons. The third-order valence-electron chi connectivity index (χ3n) is 4.33. The molecule has 0 fully saturated rings. The van der Waals surface area contributed by atoms with E-state index in [1.165, 1.54) is 6.07 Å². The fourth-order valence-corrected chi connectivity index (χ4v) is 2.91. The van der Waals surface area contributed by atoms with Crippen LogP contribution < -0.4 is 5.32 Å². The minimum Gasteiger partial charge on any atom is -0.339 e.